The van der Waals surface area contributed by atoms with E-state index in [4.69, 9.17) is 9.26 Å². The quantitative estimate of drug-likeness (QED) is 0.483. The van der Waals surface area contributed by atoms with E-state index in [-0.39, 0.29) is 23.7 Å². The molecule has 3 aromatic rings. The third kappa shape index (κ3) is 5.69. The zero-order valence-corrected chi connectivity index (χ0v) is 17.8. The Balaban J connectivity index is 1.62. The van der Waals surface area contributed by atoms with E-state index in [1.807, 2.05) is 18.2 Å². The van der Waals surface area contributed by atoms with E-state index < -0.39 is 17.9 Å². The van der Waals surface area contributed by atoms with E-state index in [0.717, 1.165) is 0 Å². The average Bonchev–Trinajstić information content (AvgIpc) is 3.28. The molecule has 0 fully saturated rings. The predicted molar refractivity (Wildman–Crippen MR) is 117 cm³/mol. The molecule has 1 aromatic heterocycles. The molecule has 3 amide bonds. The van der Waals surface area contributed by atoms with Crippen LogP contribution in [0.2, 0.25) is 0 Å². The Morgan fingerprint density at radius 3 is 2.16 bits per heavy atom. The van der Waals surface area contributed by atoms with Crippen LogP contribution < -0.4 is 16.0 Å². The second kappa shape index (κ2) is 10.2. The Kier molecular flexibility index (Phi) is 7.17. The maximum atomic E-state index is 12.4. The van der Waals surface area contributed by atoms with Gasteiger partial charge in [0.1, 0.15) is 6.04 Å². The second-order valence-electron chi connectivity index (χ2n) is 7.16. The van der Waals surface area contributed by atoms with E-state index in [9.17, 15) is 14.4 Å². The number of urea groups is 1. The summed E-state index contributed by atoms with van der Waals surface area (Å²) < 4.78 is 9.73. The summed E-state index contributed by atoms with van der Waals surface area (Å²) in [5.74, 6) is -1.52. The van der Waals surface area contributed by atoms with Gasteiger partial charge >= 0.3 is 23.8 Å². The lowest BCUT2D eigenvalue weighted by Crippen LogP contribution is -2.45. The number of carbonyl (C=O) groups excluding carboxylic acids is 3. The van der Waals surface area contributed by atoms with E-state index in [1.165, 1.54) is 7.11 Å². The number of carbonyl (C=O) groups is 3. The van der Waals surface area contributed by atoms with Crippen molar-refractivity contribution in [1.29, 1.82) is 0 Å². The van der Waals surface area contributed by atoms with Crippen LogP contribution in [0, 0.1) is 5.92 Å². The third-order valence-corrected chi connectivity index (χ3v) is 4.46. The first kappa shape index (κ1) is 22.5. The summed E-state index contributed by atoms with van der Waals surface area (Å²) in [4.78, 5) is 40.4. The van der Waals surface area contributed by atoms with Gasteiger partial charge in [-0.05, 0) is 42.3 Å². The van der Waals surface area contributed by atoms with E-state index in [0.29, 0.717) is 16.9 Å². The number of esters is 1. The maximum Gasteiger partial charge on any atom is 0.328 e. The van der Waals surface area contributed by atoms with Crippen LogP contribution in [0.4, 0.5) is 16.2 Å². The van der Waals surface area contributed by atoms with Crippen molar-refractivity contribution in [2.45, 2.75) is 19.9 Å². The van der Waals surface area contributed by atoms with Gasteiger partial charge in [-0.2, -0.15) is 4.98 Å². The predicted octanol–water partition coefficient (Wildman–Crippen LogP) is 3.31. The van der Waals surface area contributed by atoms with Gasteiger partial charge in [0.25, 0.3) is 0 Å². The van der Waals surface area contributed by atoms with Gasteiger partial charge in [0.05, 0.1) is 7.11 Å². The highest BCUT2D eigenvalue weighted by Crippen LogP contribution is 2.19. The summed E-state index contributed by atoms with van der Waals surface area (Å²) in [5.41, 5.74) is 1.81. The van der Waals surface area contributed by atoms with Gasteiger partial charge in [0.15, 0.2) is 0 Å². The Hall–Kier alpha value is -4.21. The third-order valence-electron chi connectivity index (χ3n) is 4.46. The number of methoxy groups -OCH3 is 1. The van der Waals surface area contributed by atoms with Crippen LogP contribution in [-0.4, -0.2) is 41.2 Å². The number of rotatable bonds is 7. The van der Waals surface area contributed by atoms with Crippen LogP contribution in [0.1, 0.15) is 24.5 Å². The number of nitrogens with zero attached hydrogens (tertiary/aromatic N) is 2. The lowest BCUT2D eigenvalue weighted by Gasteiger charge is -2.18. The summed E-state index contributed by atoms with van der Waals surface area (Å²) in [5, 5.41) is 11.8. The monoisotopic (exact) mass is 437 g/mol. The lowest BCUT2D eigenvalue weighted by molar-refractivity contribution is -0.144. The highest BCUT2D eigenvalue weighted by Gasteiger charge is 2.27. The van der Waals surface area contributed by atoms with Gasteiger partial charge < -0.3 is 25.2 Å². The molecule has 32 heavy (non-hydrogen) atoms. The molecule has 10 heteroatoms. The normalized spacial score (nSPS) is 11.5. The fraction of sp³-hybridized carbons (Fsp3) is 0.227. The Labute approximate surface area is 184 Å². The van der Waals surface area contributed by atoms with Crippen molar-refractivity contribution < 1.29 is 23.6 Å². The SMILES string of the molecule is COC(=O)[C@@H](NC(=O)c1nc(-c2ccc(NC(=O)Nc3ccccc3)cc2)no1)C(C)C. The summed E-state index contributed by atoms with van der Waals surface area (Å²) in [6.07, 6.45) is 0. The lowest BCUT2D eigenvalue weighted by atomic mass is 10.0. The van der Waals surface area contributed by atoms with Crippen LogP contribution in [0.5, 0.6) is 0 Å². The highest BCUT2D eigenvalue weighted by atomic mass is 16.5. The first-order chi connectivity index (χ1) is 15.4. The zero-order valence-electron chi connectivity index (χ0n) is 17.8. The standard InChI is InChI=1S/C22H23N5O5/c1-13(2)17(21(29)31-3)25-19(28)20-26-18(27-32-20)14-9-11-16(12-10-14)24-22(30)23-15-7-5-4-6-8-15/h4-13,17H,1-3H3,(H,25,28)(H2,23,24,30)/t17-/m0/s1. The summed E-state index contributed by atoms with van der Waals surface area (Å²) in [7, 11) is 1.25. The van der Waals surface area contributed by atoms with Crippen LogP contribution in [0.15, 0.2) is 59.1 Å². The minimum Gasteiger partial charge on any atom is -0.467 e. The highest BCUT2D eigenvalue weighted by molar-refractivity contribution is 5.99. The van der Waals surface area contributed by atoms with Crippen molar-refractivity contribution in [2.24, 2.45) is 5.92 Å². The number of para-hydroxylation sites is 1. The van der Waals surface area contributed by atoms with Crippen molar-refractivity contribution in [2.75, 3.05) is 17.7 Å². The Bertz CT molecular complexity index is 1080. The van der Waals surface area contributed by atoms with E-state index in [2.05, 4.69) is 26.1 Å². The molecule has 1 heterocycles. The minimum atomic E-state index is -0.838. The van der Waals surface area contributed by atoms with Crippen molar-refractivity contribution in [3.05, 3.63) is 60.5 Å². The van der Waals surface area contributed by atoms with Gasteiger partial charge in [-0.15, -0.1) is 0 Å². The number of hydrogen-bond donors (Lipinski definition) is 3. The summed E-state index contributed by atoms with van der Waals surface area (Å²) >= 11 is 0. The number of anilines is 2. The average molecular weight is 437 g/mol. The van der Waals surface area contributed by atoms with Gasteiger partial charge in [-0.1, -0.05) is 37.2 Å². The maximum absolute atomic E-state index is 12.4. The van der Waals surface area contributed by atoms with Crippen LogP contribution in [0.25, 0.3) is 11.4 Å². The first-order valence-electron chi connectivity index (χ1n) is 9.83. The number of benzene rings is 2. The fourth-order valence-corrected chi connectivity index (χ4v) is 2.78. The number of aromatic nitrogens is 2. The fourth-order valence-electron chi connectivity index (χ4n) is 2.78. The van der Waals surface area contributed by atoms with Gasteiger partial charge in [-0.25, -0.2) is 9.59 Å². The molecular weight excluding hydrogens is 414 g/mol. The van der Waals surface area contributed by atoms with Crippen molar-refractivity contribution >= 4 is 29.3 Å². The molecule has 0 aliphatic rings. The smallest absolute Gasteiger partial charge is 0.328 e. The molecule has 0 spiro atoms. The molecule has 0 bridgehead atoms. The molecule has 3 rings (SSSR count). The summed E-state index contributed by atoms with van der Waals surface area (Å²) in [6, 6.07) is 14.5. The van der Waals surface area contributed by atoms with Gasteiger partial charge in [-0.3, -0.25) is 4.79 Å². The Morgan fingerprint density at radius 1 is 0.938 bits per heavy atom. The minimum absolute atomic E-state index is 0.187. The number of nitrogens with one attached hydrogen (secondary N) is 3. The molecule has 1 atom stereocenters. The molecule has 0 unspecified atom stereocenters. The van der Waals surface area contributed by atoms with E-state index in [1.54, 1.807) is 50.2 Å². The molecule has 0 saturated heterocycles. The molecule has 0 radical (unpaired) electrons. The van der Waals surface area contributed by atoms with Gasteiger partial charge in [0, 0.05) is 16.9 Å². The molecule has 0 aliphatic heterocycles. The molecule has 0 saturated carbocycles. The molecule has 2 aromatic carbocycles. The molecule has 10 nitrogen and oxygen atoms in total. The topological polar surface area (TPSA) is 135 Å². The van der Waals surface area contributed by atoms with Crippen molar-refractivity contribution in [1.82, 2.24) is 15.5 Å². The molecule has 166 valence electrons. The molecule has 3 N–H and O–H groups in total. The van der Waals surface area contributed by atoms with Gasteiger partial charge in [0.2, 0.25) is 5.82 Å². The summed E-state index contributed by atoms with van der Waals surface area (Å²) in [6.45, 7) is 3.55. The van der Waals surface area contributed by atoms with Crippen LogP contribution in [-0.2, 0) is 9.53 Å². The van der Waals surface area contributed by atoms with Crippen LogP contribution in [0.3, 0.4) is 0 Å². The number of hydrogen-bond acceptors (Lipinski definition) is 7. The van der Waals surface area contributed by atoms with E-state index >= 15 is 0 Å². The zero-order chi connectivity index (χ0) is 23.1. The first-order valence-corrected chi connectivity index (χ1v) is 9.83. The second-order valence-corrected chi connectivity index (χ2v) is 7.16. The molecule has 0 aliphatic carbocycles. The largest absolute Gasteiger partial charge is 0.467 e. The van der Waals surface area contributed by atoms with Crippen molar-refractivity contribution in [3.8, 4) is 11.4 Å². The number of ether oxygens (including phenoxy) is 1. The van der Waals surface area contributed by atoms with Crippen LogP contribution >= 0.6 is 0 Å². The molecular formula is C22H23N5O5. The van der Waals surface area contributed by atoms with Crippen molar-refractivity contribution in [3.63, 3.8) is 0 Å². The Morgan fingerprint density at radius 2 is 1.56 bits per heavy atom. The number of amides is 3.